The van der Waals surface area contributed by atoms with E-state index in [-0.39, 0.29) is 0 Å². The molecule has 1 heterocycles. The van der Waals surface area contributed by atoms with Gasteiger partial charge in [0.1, 0.15) is 0 Å². The number of allylic oxidation sites excluding steroid dienone is 1. The molecule has 1 fully saturated rings. The smallest absolute Gasteiger partial charge is 0.0172 e. The Balaban J connectivity index is 2.22. The number of nitrogens with zero attached hydrogens (tertiary/aromatic N) is 1. The second-order valence-corrected chi connectivity index (χ2v) is 5.25. The highest BCUT2D eigenvalue weighted by atomic mass is 15.1. The minimum atomic E-state index is 0.437. The lowest BCUT2D eigenvalue weighted by atomic mass is 9.92. The Morgan fingerprint density at radius 3 is 2.23 bits per heavy atom. The highest BCUT2D eigenvalue weighted by Gasteiger charge is 2.08. The fraction of sp³-hybridized carbons (Fsp3) is 0.833. The first-order valence-corrected chi connectivity index (χ1v) is 5.49. The Hall–Kier alpha value is -0.460. The van der Waals surface area contributed by atoms with Gasteiger partial charge in [-0.1, -0.05) is 26.8 Å². The Bertz CT molecular complexity index is 158. The highest BCUT2D eigenvalue weighted by molar-refractivity contribution is 4.87. The first kappa shape index (κ1) is 10.6. The minimum Gasteiger partial charge on any atom is -0.378 e. The van der Waals surface area contributed by atoms with Crippen LogP contribution in [0.4, 0.5) is 0 Å². The fourth-order valence-corrected chi connectivity index (χ4v) is 1.62. The second kappa shape index (κ2) is 4.69. The van der Waals surface area contributed by atoms with Gasteiger partial charge in [0, 0.05) is 13.1 Å². The number of hydrogen-bond acceptors (Lipinski definition) is 1. The molecule has 1 rings (SSSR count). The van der Waals surface area contributed by atoms with Crippen molar-refractivity contribution in [1.29, 1.82) is 0 Å². The molecule has 0 aromatic carbocycles. The summed E-state index contributed by atoms with van der Waals surface area (Å²) in [4.78, 5) is 2.45. The molecule has 1 saturated heterocycles. The van der Waals surface area contributed by atoms with Crippen molar-refractivity contribution >= 4 is 0 Å². The van der Waals surface area contributed by atoms with Gasteiger partial charge >= 0.3 is 0 Å². The van der Waals surface area contributed by atoms with E-state index in [1.165, 1.54) is 38.8 Å². The zero-order valence-corrected chi connectivity index (χ0v) is 9.34. The Morgan fingerprint density at radius 1 is 1.08 bits per heavy atom. The summed E-state index contributed by atoms with van der Waals surface area (Å²) in [6.45, 7) is 9.38. The van der Waals surface area contributed by atoms with Gasteiger partial charge in [-0.3, -0.25) is 0 Å². The SMILES string of the molecule is CC(C)(C)C/C=C/N1CCCCC1. The van der Waals surface area contributed by atoms with Crippen LogP contribution in [0.2, 0.25) is 0 Å². The third kappa shape index (κ3) is 4.97. The van der Waals surface area contributed by atoms with Gasteiger partial charge in [0.25, 0.3) is 0 Å². The fourth-order valence-electron chi connectivity index (χ4n) is 1.62. The largest absolute Gasteiger partial charge is 0.378 e. The maximum Gasteiger partial charge on any atom is 0.0172 e. The molecule has 1 nitrogen and oxygen atoms in total. The summed E-state index contributed by atoms with van der Waals surface area (Å²) >= 11 is 0. The average molecular weight is 181 g/mol. The number of piperidine rings is 1. The zero-order valence-electron chi connectivity index (χ0n) is 9.34. The van der Waals surface area contributed by atoms with Gasteiger partial charge in [0.05, 0.1) is 0 Å². The third-order valence-electron chi connectivity index (χ3n) is 2.44. The number of likely N-dealkylation sites (tertiary alicyclic amines) is 1. The third-order valence-corrected chi connectivity index (χ3v) is 2.44. The van der Waals surface area contributed by atoms with Gasteiger partial charge in [-0.25, -0.2) is 0 Å². The molecule has 1 aliphatic rings. The predicted octanol–water partition coefficient (Wildman–Crippen LogP) is 3.42. The number of hydrogen-bond donors (Lipinski definition) is 0. The van der Waals surface area contributed by atoms with Crippen LogP contribution in [0, 0.1) is 5.41 Å². The maximum absolute atomic E-state index is 2.45. The van der Waals surface area contributed by atoms with Gasteiger partial charge < -0.3 is 4.90 Å². The van der Waals surface area contributed by atoms with E-state index >= 15 is 0 Å². The number of rotatable bonds is 2. The van der Waals surface area contributed by atoms with E-state index in [2.05, 4.69) is 37.9 Å². The van der Waals surface area contributed by atoms with E-state index in [0.717, 1.165) is 0 Å². The lowest BCUT2D eigenvalue weighted by Crippen LogP contribution is -2.24. The Morgan fingerprint density at radius 2 is 1.69 bits per heavy atom. The summed E-state index contributed by atoms with van der Waals surface area (Å²) in [5.41, 5.74) is 0.437. The van der Waals surface area contributed by atoms with Crippen LogP contribution in [-0.2, 0) is 0 Å². The molecule has 0 N–H and O–H groups in total. The van der Waals surface area contributed by atoms with Gasteiger partial charge in [-0.2, -0.15) is 0 Å². The summed E-state index contributed by atoms with van der Waals surface area (Å²) in [5.74, 6) is 0. The van der Waals surface area contributed by atoms with Crippen molar-refractivity contribution in [1.82, 2.24) is 4.90 Å². The lowest BCUT2D eigenvalue weighted by molar-refractivity contribution is 0.306. The molecule has 0 amide bonds. The Kier molecular flexibility index (Phi) is 3.83. The molecule has 0 radical (unpaired) electrons. The maximum atomic E-state index is 2.45. The van der Waals surface area contributed by atoms with E-state index in [0.29, 0.717) is 5.41 Å². The molecule has 0 aromatic heterocycles. The van der Waals surface area contributed by atoms with Crippen LogP contribution in [0.5, 0.6) is 0 Å². The summed E-state index contributed by atoms with van der Waals surface area (Å²) in [7, 11) is 0. The van der Waals surface area contributed by atoms with Crippen LogP contribution in [0.25, 0.3) is 0 Å². The van der Waals surface area contributed by atoms with Gasteiger partial charge in [0.15, 0.2) is 0 Å². The first-order valence-electron chi connectivity index (χ1n) is 5.49. The molecule has 1 heteroatoms. The monoisotopic (exact) mass is 181 g/mol. The topological polar surface area (TPSA) is 3.24 Å². The molecule has 0 aliphatic carbocycles. The highest BCUT2D eigenvalue weighted by Crippen LogP contribution is 2.19. The van der Waals surface area contributed by atoms with Crippen LogP contribution in [-0.4, -0.2) is 18.0 Å². The van der Waals surface area contributed by atoms with Crippen LogP contribution >= 0.6 is 0 Å². The van der Waals surface area contributed by atoms with Crippen LogP contribution in [0.3, 0.4) is 0 Å². The van der Waals surface area contributed by atoms with Crippen molar-refractivity contribution in [3.05, 3.63) is 12.3 Å². The molecule has 0 unspecified atom stereocenters. The normalized spacial score (nSPS) is 19.8. The van der Waals surface area contributed by atoms with Gasteiger partial charge in [0.2, 0.25) is 0 Å². The molecule has 1 aliphatic heterocycles. The minimum absolute atomic E-state index is 0.437. The van der Waals surface area contributed by atoms with Crippen molar-refractivity contribution in [2.75, 3.05) is 13.1 Å². The van der Waals surface area contributed by atoms with E-state index < -0.39 is 0 Å². The van der Waals surface area contributed by atoms with Gasteiger partial charge in [-0.05, 0) is 37.3 Å². The molecular formula is C12H23N. The van der Waals surface area contributed by atoms with Crippen molar-refractivity contribution < 1.29 is 0 Å². The molecule has 0 spiro atoms. The second-order valence-electron chi connectivity index (χ2n) is 5.25. The molecule has 0 atom stereocenters. The van der Waals surface area contributed by atoms with Crippen LogP contribution in [0.15, 0.2) is 12.3 Å². The first-order chi connectivity index (χ1) is 6.08. The molecule has 0 bridgehead atoms. The predicted molar refractivity (Wildman–Crippen MR) is 58.6 cm³/mol. The van der Waals surface area contributed by atoms with E-state index in [4.69, 9.17) is 0 Å². The van der Waals surface area contributed by atoms with Crippen molar-refractivity contribution in [2.45, 2.75) is 46.5 Å². The van der Waals surface area contributed by atoms with Crippen molar-refractivity contribution in [3.63, 3.8) is 0 Å². The molecule has 0 aromatic rings. The van der Waals surface area contributed by atoms with Crippen LogP contribution in [0.1, 0.15) is 46.5 Å². The average Bonchev–Trinajstić information content (AvgIpc) is 2.04. The Labute approximate surface area is 82.8 Å². The molecule has 13 heavy (non-hydrogen) atoms. The quantitative estimate of drug-likeness (QED) is 0.631. The zero-order chi connectivity index (χ0) is 9.73. The van der Waals surface area contributed by atoms with E-state index in [1.54, 1.807) is 0 Å². The van der Waals surface area contributed by atoms with Crippen LogP contribution < -0.4 is 0 Å². The van der Waals surface area contributed by atoms with E-state index in [1.807, 2.05) is 0 Å². The van der Waals surface area contributed by atoms with Crippen molar-refractivity contribution in [2.24, 2.45) is 5.41 Å². The molecule has 76 valence electrons. The standard InChI is InChI=1S/C12H23N/c1-12(2,3)8-7-11-13-9-5-4-6-10-13/h7,11H,4-6,8-10H2,1-3H3/b11-7+. The lowest BCUT2D eigenvalue weighted by Gasteiger charge is -2.25. The van der Waals surface area contributed by atoms with E-state index in [9.17, 15) is 0 Å². The van der Waals surface area contributed by atoms with Gasteiger partial charge in [-0.15, -0.1) is 0 Å². The summed E-state index contributed by atoms with van der Waals surface area (Å²) in [5, 5.41) is 0. The summed E-state index contributed by atoms with van der Waals surface area (Å²) in [6.07, 6.45) is 9.97. The summed E-state index contributed by atoms with van der Waals surface area (Å²) in [6, 6.07) is 0. The van der Waals surface area contributed by atoms with Crippen molar-refractivity contribution in [3.8, 4) is 0 Å². The molecule has 0 saturated carbocycles. The summed E-state index contributed by atoms with van der Waals surface area (Å²) < 4.78 is 0. The molecular weight excluding hydrogens is 158 g/mol.